The molecule has 0 saturated heterocycles. The minimum atomic E-state index is -3.33. The first-order chi connectivity index (χ1) is 9.53. The fourth-order valence-electron chi connectivity index (χ4n) is 2.13. The predicted molar refractivity (Wildman–Crippen MR) is 83.4 cm³/mol. The molecule has 1 heterocycles. The van der Waals surface area contributed by atoms with Crippen molar-refractivity contribution in [3.63, 3.8) is 0 Å². The standard InChI is InChI=1S/C14H24N2O2S2/c1-3-8-15-10-13-6-7-14(19-13)20(17,18)16-9-11(2)12-4-5-12/h6-7,11-12,15-16H,3-5,8-10H2,1-2H3. The van der Waals surface area contributed by atoms with Crippen LogP contribution in [0.15, 0.2) is 16.3 Å². The minimum absolute atomic E-state index is 0.425. The highest BCUT2D eigenvalue weighted by molar-refractivity contribution is 7.91. The Bertz CT molecular complexity index is 521. The highest BCUT2D eigenvalue weighted by Crippen LogP contribution is 2.36. The molecule has 2 rings (SSSR count). The Balaban J connectivity index is 1.87. The van der Waals surface area contributed by atoms with E-state index in [0.29, 0.717) is 16.7 Å². The van der Waals surface area contributed by atoms with Crippen LogP contribution in [-0.4, -0.2) is 21.5 Å². The fraction of sp³-hybridized carbons (Fsp3) is 0.714. The van der Waals surface area contributed by atoms with Crippen LogP contribution in [0, 0.1) is 11.8 Å². The topological polar surface area (TPSA) is 58.2 Å². The second kappa shape index (κ2) is 7.02. The summed E-state index contributed by atoms with van der Waals surface area (Å²) in [4.78, 5) is 1.06. The number of hydrogen-bond acceptors (Lipinski definition) is 4. The average molecular weight is 316 g/mol. The highest BCUT2D eigenvalue weighted by Gasteiger charge is 2.29. The summed E-state index contributed by atoms with van der Waals surface area (Å²) in [6, 6.07) is 3.60. The zero-order valence-electron chi connectivity index (χ0n) is 12.2. The molecule has 1 aliphatic rings. The largest absolute Gasteiger partial charge is 0.312 e. The van der Waals surface area contributed by atoms with Gasteiger partial charge in [0.2, 0.25) is 10.0 Å². The lowest BCUT2D eigenvalue weighted by molar-refractivity contribution is 0.492. The quantitative estimate of drug-likeness (QED) is 0.688. The van der Waals surface area contributed by atoms with Crippen LogP contribution in [-0.2, 0) is 16.6 Å². The third-order valence-electron chi connectivity index (χ3n) is 3.65. The molecule has 1 fully saturated rings. The summed E-state index contributed by atoms with van der Waals surface area (Å²) < 4.78 is 27.6. The Labute approximate surface area is 126 Å². The molecular weight excluding hydrogens is 292 g/mol. The van der Waals surface area contributed by atoms with Crippen molar-refractivity contribution >= 4 is 21.4 Å². The summed E-state index contributed by atoms with van der Waals surface area (Å²) in [6.45, 7) is 6.48. The van der Waals surface area contributed by atoms with Gasteiger partial charge in [-0.2, -0.15) is 0 Å². The zero-order chi connectivity index (χ0) is 14.6. The van der Waals surface area contributed by atoms with Crippen molar-refractivity contribution in [2.45, 2.75) is 43.9 Å². The molecule has 0 radical (unpaired) electrons. The maximum atomic E-state index is 12.2. The van der Waals surface area contributed by atoms with Gasteiger partial charge in [-0.05, 0) is 49.8 Å². The molecule has 0 spiro atoms. The van der Waals surface area contributed by atoms with Crippen LogP contribution in [0.25, 0.3) is 0 Å². The summed E-state index contributed by atoms with van der Waals surface area (Å²) >= 11 is 1.35. The molecule has 1 aromatic rings. The lowest BCUT2D eigenvalue weighted by Crippen LogP contribution is -2.28. The number of nitrogens with one attached hydrogen (secondary N) is 2. The Kier molecular flexibility index (Phi) is 5.60. The number of thiophene rings is 1. The number of sulfonamides is 1. The molecule has 1 saturated carbocycles. The van der Waals surface area contributed by atoms with Crippen molar-refractivity contribution in [2.24, 2.45) is 11.8 Å². The molecule has 0 aliphatic heterocycles. The summed E-state index contributed by atoms with van der Waals surface area (Å²) in [5.41, 5.74) is 0. The lowest BCUT2D eigenvalue weighted by atomic mass is 10.1. The second-order valence-corrected chi connectivity index (χ2v) is 8.73. The minimum Gasteiger partial charge on any atom is -0.312 e. The van der Waals surface area contributed by atoms with Crippen molar-refractivity contribution < 1.29 is 8.42 Å². The Morgan fingerprint density at radius 1 is 1.40 bits per heavy atom. The molecule has 4 nitrogen and oxygen atoms in total. The van der Waals surface area contributed by atoms with Crippen molar-refractivity contribution in [1.82, 2.24) is 10.0 Å². The van der Waals surface area contributed by atoms with Gasteiger partial charge in [-0.15, -0.1) is 11.3 Å². The Morgan fingerprint density at radius 2 is 2.15 bits per heavy atom. The molecule has 6 heteroatoms. The molecular formula is C14H24N2O2S2. The normalized spacial score (nSPS) is 17.3. The van der Waals surface area contributed by atoms with Crippen molar-refractivity contribution in [1.29, 1.82) is 0 Å². The molecule has 1 unspecified atom stereocenters. The zero-order valence-corrected chi connectivity index (χ0v) is 13.8. The molecule has 1 aromatic heterocycles. The predicted octanol–water partition coefficient (Wildman–Crippen LogP) is 2.57. The summed E-state index contributed by atoms with van der Waals surface area (Å²) in [6.07, 6.45) is 3.57. The third kappa shape index (κ3) is 4.55. The fourth-order valence-corrected chi connectivity index (χ4v) is 4.64. The molecule has 1 aliphatic carbocycles. The van der Waals surface area contributed by atoms with Crippen LogP contribution in [0.3, 0.4) is 0 Å². The molecule has 0 bridgehead atoms. The van der Waals surface area contributed by atoms with Gasteiger partial charge < -0.3 is 5.32 Å². The molecule has 0 aromatic carbocycles. The second-order valence-electron chi connectivity index (χ2n) is 5.56. The number of hydrogen-bond donors (Lipinski definition) is 2. The van der Waals surface area contributed by atoms with E-state index in [1.54, 1.807) is 6.07 Å². The van der Waals surface area contributed by atoms with Crippen LogP contribution in [0.2, 0.25) is 0 Å². The summed E-state index contributed by atoms with van der Waals surface area (Å²) in [5.74, 6) is 1.16. The SMILES string of the molecule is CCCNCc1ccc(S(=O)(=O)NCC(C)C2CC2)s1. The van der Waals surface area contributed by atoms with E-state index in [1.165, 1.54) is 24.2 Å². The summed E-state index contributed by atoms with van der Waals surface area (Å²) in [7, 11) is -3.33. The highest BCUT2D eigenvalue weighted by atomic mass is 32.2. The maximum absolute atomic E-state index is 12.2. The molecule has 114 valence electrons. The van der Waals surface area contributed by atoms with Gasteiger partial charge in [0, 0.05) is 18.0 Å². The van der Waals surface area contributed by atoms with E-state index < -0.39 is 10.0 Å². The lowest BCUT2D eigenvalue weighted by Gasteiger charge is -2.10. The molecule has 20 heavy (non-hydrogen) atoms. The van der Waals surface area contributed by atoms with E-state index in [1.807, 2.05) is 6.07 Å². The van der Waals surface area contributed by atoms with Gasteiger partial charge in [0.1, 0.15) is 4.21 Å². The van der Waals surface area contributed by atoms with Crippen molar-refractivity contribution in [3.05, 3.63) is 17.0 Å². The van der Waals surface area contributed by atoms with Gasteiger partial charge in [-0.3, -0.25) is 0 Å². The monoisotopic (exact) mass is 316 g/mol. The van der Waals surface area contributed by atoms with Crippen molar-refractivity contribution in [3.8, 4) is 0 Å². The first-order valence-electron chi connectivity index (χ1n) is 7.32. The third-order valence-corrected chi connectivity index (χ3v) is 6.65. The van der Waals surface area contributed by atoms with E-state index in [2.05, 4.69) is 23.9 Å². The Morgan fingerprint density at radius 3 is 2.80 bits per heavy atom. The average Bonchev–Trinajstić information content (AvgIpc) is 3.15. The first kappa shape index (κ1) is 15.9. The van der Waals surface area contributed by atoms with E-state index in [4.69, 9.17) is 0 Å². The van der Waals surface area contributed by atoms with Crippen LogP contribution in [0.1, 0.15) is 38.0 Å². The maximum Gasteiger partial charge on any atom is 0.250 e. The van der Waals surface area contributed by atoms with E-state index in [0.717, 1.165) is 30.3 Å². The smallest absolute Gasteiger partial charge is 0.250 e. The van der Waals surface area contributed by atoms with Crippen LogP contribution in [0.4, 0.5) is 0 Å². The van der Waals surface area contributed by atoms with Gasteiger partial charge in [-0.25, -0.2) is 13.1 Å². The van der Waals surface area contributed by atoms with E-state index in [9.17, 15) is 8.42 Å². The van der Waals surface area contributed by atoms with E-state index in [-0.39, 0.29) is 0 Å². The first-order valence-corrected chi connectivity index (χ1v) is 9.62. The van der Waals surface area contributed by atoms with Gasteiger partial charge in [-0.1, -0.05) is 13.8 Å². The molecule has 0 amide bonds. The van der Waals surface area contributed by atoms with Crippen molar-refractivity contribution in [2.75, 3.05) is 13.1 Å². The van der Waals surface area contributed by atoms with Gasteiger partial charge in [0.15, 0.2) is 0 Å². The molecule has 2 N–H and O–H groups in total. The van der Waals surface area contributed by atoms with Gasteiger partial charge >= 0.3 is 0 Å². The van der Waals surface area contributed by atoms with Gasteiger partial charge in [0.05, 0.1) is 0 Å². The summed E-state index contributed by atoms with van der Waals surface area (Å²) in [5, 5.41) is 3.28. The van der Waals surface area contributed by atoms with E-state index >= 15 is 0 Å². The number of rotatable bonds is 9. The van der Waals surface area contributed by atoms with Crippen LogP contribution >= 0.6 is 11.3 Å². The van der Waals surface area contributed by atoms with Crippen LogP contribution < -0.4 is 10.0 Å². The van der Waals surface area contributed by atoms with Gasteiger partial charge in [0.25, 0.3) is 0 Å². The Hall–Kier alpha value is -0.430. The molecule has 1 atom stereocenters. The van der Waals surface area contributed by atoms with Crippen LogP contribution in [0.5, 0.6) is 0 Å².